The highest BCUT2D eigenvalue weighted by Gasteiger charge is 2.33. The quantitative estimate of drug-likeness (QED) is 0.252. The zero-order valence-electron chi connectivity index (χ0n) is 16.4. The van der Waals surface area contributed by atoms with Crippen molar-refractivity contribution in [3.05, 3.63) is 75.8 Å². The SMILES string of the molecule is O=C1CC[C@@H]([C@@H](CCCOCc2ccccc2)OC(=O)c2ccc([N+](=O)[O-])cc2)O1. The number of benzene rings is 2. The second-order valence-corrected chi connectivity index (χ2v) is 7.00. The molecule has 1 heterocycles. The standard InChI is InChI=1S/C22H23NO7/c24-21-13-12-20(29-21)19(7-4-14-28-15-16-5-2-1-3-6-16)30-22(25)17-8-10-18(11-9-17)23(26)27/h1-3,5-6,8-11,19-20H,4,7,12-15H2/t19-,20+/m1/s1. The lowest BCUT2D eigenvalue weighted by molar-refractivity contribution is -0.384. The number of nitrogens with zero attached hydrogens (tertiary/aromatic N) is 1. The minimum absolute atomic E-state index is 0.108. The number of hydrogen-bond acceptors (Lipinski definition) is 7. The first kappa shape index (κ1) is 21.4. The monoisotopic (exact) mass is 413 g/mol. The lowest BCUT2D eigenvalue weighted by atomic mass is 10.1. The zero-order chi connectivity index (χ0) is 21.3. The summed E-state index contributed by atoms with van der Waals surface area (Å²) in [4.78, 5) is 34.2. The number of nitro benzene ring substituents is 1. The molecular weight excluding hydrogens is 390 g/mol. The second kappa shape index (κ2) is 10.5. The lowest BCUT2D eigenvalue weighted by Crippen LogP contribution is -2.31. The predicted octanol–water partition coefficient (Wildman–Crippen LogP) is 3.82. The molecule has 1 aliphatic heterocycles. The van der Waals surface area contributed by atoms with Crippen LogP contribution in [0.4, 0.5) is 5.69 Å². The third-order valence-corrected chi connectivity index (χ3v) is 4.79. The summed E-state index contributed by atoms with van der Waals surface area (Å²) in [6.07, 6.45) is 0.792. The highest BCUT2D eigenvalue weighted by molar-refractivity contribution is 5.89. The summed E-state index contributed by atoms with van der Waals surface area (Å²) >= 11 is 0. The fourth-order valence-corrected chi connectivity index (χ4v) is 3.20. The molecule has 0 aliphatic carbocycles. The summed E-state index contributed by atoms with van der Waals surface area (Å²) in [7, 11) is 0. The molecule has 0 bridgehead atoms. The summed E-state index contributed by atoms with van der Waals surface area (Å²) in [6.45, 7) is 0.966. The Hall–Kier alpha value is -3.26. The largest absolute Gasteiger partial charge is 0.458 e. The molecule has 158 valence electrons. The number of nitro groups is 1. The molecule has 3 rings (SSSR count). The topological polar surface area (TPSA) is 105 Å². The molecule has 1 fully saturated rings. The van der Waals surface area contributed by atoms with E-state index in [9.17, 15) is 19.7 Å². The van der Waals surface area contributed by atoms with Crippen LogP contribution in [0.2, 0.25) is 0 Å². The molecule has 0 saturated carbocycles. The van der Waals surface area contributed by atoms with Gasteiger partial charge in [-0.15, -0.1) is 0 Å². The maximum absolute atomic E-state index is 12.5. The van der Waals surface area contributed by atoms with E-state index in [0.717, 1.165) is 5.56 Å². The van der Waals surface area contributed by atoms with E-state index in [2.05, 4.69) is 0 Å². The van der Waals surface area contributed by atoms with Crippen LogP contribution < -0.4 is 0 Å². The molecule has 8 nitrogen and oxygen atoms in total. The lowest BCUT2D eigenvalue weighted by Gasteiger charge is -2.23. The van der Waals surface area contributed by atoms with Gasteiger partial charge in [-0.3, -0.25) is 14.9 Å². The van der Waals surface area contributed by atoms with Crippen molar-refractivity contribution in [1.82, 2.24) is 0 Å². The number of hydrogen-bond donors (Lipinski definition) is 0. The van der Waals surface area contributed by atoms with Crippen LogP contribution in [0.1, 0.15) is 41.6 Å². The molecule has 2 aromatic rings. The molecule has 8 heteroatoms. The average molecular weight is 413 g/mol. The molecular formula is C22H23NO7. The van der Waals surface area contributed by atoms with Gasteiger partial charge in [0, 0.05) is 25.2 Å². The summed E-state index contributed by atoms with van der Waals surface area (Å²) in [5.41, 5.74) is 1.17. The van der Waals surface area contributed by atoms with Crippen molar-refractivity contribution in [3.63, 3.8) is 0 Å². The van der Waals surface area contributed by atoms with Gasteiger partial charge in [-0.25, -0.2) is 4.79 Å². The molecule has 1 aliphatic rings. The van der Waals surface area contributed by atoms with Crippen LogP contribution in [-0.4, -0.2) is 35.7 Å². The first-order chi connectivity index (χ1) is 14.5. The van der Waals surface area contributed by atoms with Crippen molar-refractivity contribution >= 4 is 17.6 Å². The molecule has 0 radical (unpaired) electrons. The van der Waals surface area contributed by atoms with E-state index < -0.39 is 23.1 Å². The molecule has 1 saturated heterocycles. The van der Waals surface area contributed by atoms with Crippen molar-refractivity contribution < 1.29 is 28.7 Å². The van der Waals surface area contributed by atoms with Crippen LogP contribution in [-0.2, 0) is 25.6 Å². The van der Waals surface area contributed by atoms with E-state index in [4.69, 9.17) is 14.2 Å². The van der Waals surface area contributed by atoms with E-state index in [0.29, 0.717) is 38.9 Å². The fraction of sp³-hybridized carbons (Fsp3) is 0.364. The van der Waals surface area contributed by atoms with Crippen molar-refractivity contribution in [3.8, 4) is 0 Å². The number of rotatable bonds is 10. The summed E-state index contributed by atoms with van der Waals surface area (Å²) in [5, 5.41) is 10.8. The van der Waals surface area contributed by atoms with Gasteiger partial charge in [0.2, 0.25) is 0 Å². The van der Waals surface area contributed by atoms with Crippen LogP contribution in [0.15, 0.2) is 54.6 Å². The Morgan fingerprint density at radius 2 is 1.90 bits per heavy atom. The van der Waals surface area contributed by atoms with Gasteiger partial charge in [0.1, 0.15) is 12.2 Å². The maximum atomic E-state index is 12.5. The smallest absolute Gasteiger partial charge is 0.338 e. The van der Waals surface area contributed by atoms with Crippen molar-refractivity contribution in [2.75, 3.05) is 6.61 Å². The third-order valence-electron chi connectivity index (χ3n) is 4.79. The highest BCUT2D eigenvalue weighted by Crippen LogP contribution is 2.24. The van der Waals surface area contributed by atoms with Gasteiger partial charge in [0.15, 0.2) is 0 Å². The first-order valence-corrected chi connectivity index (χ1v) is 9.79. The molecule has 30 heavy (non-hydrogen) atoms. The molecule has 0 aromatic heterocycles. The number of esters is 2. The number of cyclic esters (lactones) is 1. The minimum atomic E-state index is -0.608. The fourth-order valence-electron chi connectivity index (χ4n) is 3.20. The van der Waals surface area contributed by atoms with Gasteiger partial charge in [-0.2, -0.15) is 0 Å². The van der Waals surface area contributed by atoms with Crippen molar-refractivity contribution in [2.24, 2.45) is 0 Å². The van der Waals surface area contributed by atoms with E-state index >= 15 is 0 Å². The van der Waals surface area contributed by atoms with Crippen LogP contribution in [0, 0.1) is 10.1 Å². The molecule has 2 atom stereocenters. The van der Waals surface area contributed by atoms with E-state index in [1.54, 1.807) is 0 Å². The molecule has 0 N–H and O–H groups in total. The van der Waals surface area contributed by atoms with Gasteiger partial charge >= 0.3 is 11.9 Å². The average Bonchev–Trinajstić information content (AvgIpc) is 3.19. The molecule has 0 unspecified atom stereocenters. The van der Waals surface area contributed by atoms with E-state index in [-0.39, 0.29) is 17.2 Å². The Labute approximate surface area is 173 Å². The Morgan fingerprint density at radius 1 is 1.17 bits per heavy atom. The van der Waals surface area contributed by atoms with E-state index in [1.807, 2.05) is 30.3 Å². The number of carbonyl (C=O) groups is 2. The van der Waals surface area contributed by atoms with Gasteiger partial charge in [0.05, 0.1) is 17.1 Å². The molecule has 0 spiro atoms. The number of non-ortho nitro benzene ring substituents is 1. The maximum Gasteiger partial charge on any atom is 0.338 e. The Kier molecular flexibility index (Phi) is 7.51. The first-order valence-electron chi connectivity index (χ1n) is 9.79. The van der Waals surface area contributed by atoms with Crippen molar-refractivity contribution in [2.45, 2.75) is 44.5 Å². The zero-order valence-corrected chi connectivity index (χ0v) is 16.4. The highest BCUT2D eigenvalue weighted by atomic mass is 16.6. The van der Waals surface area contributed by atoms with Crippen LogP contribution in [0.25, 0.3) is 0 Å². The Bertz CT molecular complexity index is 867. The second-order valence-electron chi connectivity index (χ2n) is 7.00. The summed E-state index contributed by atoms with van der Waals surface area (Å²) in [6, 6.07) is 15.0. The third kappa shape index (κ3) is 6.12. The van der Waals surface area contributed by atoms with Crippen LogP contribution in [0.5, 0.6) is 0 Å². The Balaban J connectivity index is 1.53. The van der Waals surface area contributed by atoms with Crippen LogP contribution in [0.3, 0.4) is 0 Å². The van der Waals surface area contributed by atoms with Gasteiger partial charge in [0.25, 0.3) is 5.69 Å². The summed E-state index contributed by atoms with van der Waals surface area (Å²) < 4.78 is 16.6. The van der Waals surface area contributed by atoms with Gasteiger partial charge in [-0.1, -0.05) is 30.3 Å². The molecule has 0 amide bonds. The predicted molar refractivity (Wildman–Crippen MR) is 107 cm³/mol. The normalized spacial score (nSPS) is 16.7. The van der Waals surface area contributed by atoms with Gasteiger partial charge in [-0.05, 0) is 37.0 Å². The van der Waals surface area contributed by atoms with Gasteiger partial charge < -0.3 is 14.2 Å². The van der Waals surface area contributed by atoms with E-state index in [1.165, 1.54) is 24.3 Å². The minimum Gasteiger partial charge on any atom is -0.458 e. The number of carbonyl (C=O) groups excluding carboxylic acids is 2. The Morgan fingerprint density at radius 3 is 2.53 bits per heavy atom. The number of ether oxygens (including phenoxy) is 3. The molecule has 2 aromatic carbocycles. The summed E-state index contributed by atoms with van der Waals surface area (Å²) in [5.74, 6) is -0.917. The van der Waals surface area contributed by atoms with Crippen LogP contribution >= 0.6 is 0 Å². The van der Waals surface area contributed by atoms with Crippen molar-refractivity contribution in [1.29, 1.82) is 0 Å².